The number of nitrogens with one attached hydrogen (secondary N) is 2. The Morgan fingerprint density at radius 1 is 1.00 bits per heavy atom. The number of fused-ring (bicyclic) bond motifs is 1. The van der Waals surface area contributed by atoms with E-state index in [0.29, 0.717) is 54.6 Å². The predicted octanol–water partition coefficient (Wildman–Crippen LogP) is 4.94. The first-order valence-electron chi connectivity index (χ1n) is 12.6. The van der Waals surface area contributed by atoms with Gasteiger partial charge in [-0.05, 0) is 49.9 Å². The summed E-state index contributed by atoms with van der Waals surface area (Å²) in [6.45, 7) is 6.79. The molecular weight excluding hydrogens is 490 g/mol. The van der Waals surface area contributed by atoms with Crippen molar-refractivity contribution in [2.24, 2.45) is 5.92 Å². The van der Waals surface area contributed by atoms with Gasteiger partial charge < -0.3 is 15.0 Å². The fourth-order valence-electron chi connectivity index (χ4n) is 4.88. The molecule has 37 heavy (non-hydrogen) atoms. The van der Waals surface area contributed by atoms with Crippen LogP contribution in [0.15, 0.2) is 65.6 Å². The SMILES string of the molecule is CCOC(=O)N1CCC(NS(=O)(=O)c2ccc(NC(=O)c3ccccc3C)c3ccccc23)C(CC)C1. The van der Waals surface area contributed by atoms with Gasteiger partial charge in [-0.25, -0.2) is 17.9 Å². The number of amides is 2. The summed E-state index contributed by atoms with van der Waals surface area (Å²) >= 11 is 0. The van der Waals surface area contributed by atoms with Crippen molar-refractivity contribution >= 4 is 38.5 Å². The topological polar surface area (TPSA) is 105 Å². The van der Waals surface area contributed by atoms with Crippen LogP contribution in [0, 0.1) is 12.8 Å². The summed E-state index contributed by atoms with van der Waals surface area (Å²) in [5.41, 5.74) is 1.95. The molecule has 1 fully saturated rings. The Morgan fingerprint density at radius 3 is 2.41 bits per heavy atom. The second kappa shape index (κ2) is 11.3. The highest BCUT2D eigenvalue weighted by molar-refractivity contribution is 7.89. The molecule has 4 rings (SSSR count). The number of carbonyl (C=O) groups excluding carboxylic acids is 2. The summed E-state index contributed by atoms with van der Waals surface area (Å²) in [4.78, 5) is 26.9. The average Bonchev–Trinajstić information content (AvgIpc) is 2.89. The Hall–Kier alpha value is -3.43. The molecule has 9 heteroatoms. The van der Waals surface area contributed by atoms with E-state index in [2.05, 4.69) is 10.0 Å². The van der Waals surface area contributed by atoms with Gasteiger partial charge in [0.05, 0.1) is 11.5 Å². The van der Waals surface area contributed by atoms with Gasteiger partial charge >= 0.3 is 6.09 Å². The lowest BCUT2D eigenvalue weighted by atomic mass is 9.91. The van der Waals surface area contributed by atoms with Crippen LogP contribution in [-0.4, -0.2) is 51.1 Å². The Labute approximate surface area is 218 Å². The molecule has 1 aliphatic heterocycles. The largest absolute Gasteiger partial charge is 0.450 e. The van der Waals surface area contributed by atoms with Crippen LogP contribution >= 0.6 is 0 Å². The summed E-state index contributed by atoms with van der Waals surface area (Å²) in [6.07, 6.45) is 0.851. The number of aryl methyl sites for hydroxylation is 1. The van der Waals surface area contributed by atoms with Crippen molar-refractivity contribution in [2.45, 2.75) is 44.6 Å². The molecular formula is C28H33N3O5S. The molecule has 3 aromatic rings. The number of benzene rings is 3. The quantitative estimate of drug-likeness (QED) is 0.457. The molecule has 1 heterocycles. The smallest absolute Gasteiger partial charge is 0.409 e. The van der Waals surface area contributed by atoms with Gasteiger partial charge in [0.1, 0.15) is 0 Å². The van der Waals surface area contributed by atoms with E-state index in [0.717, 1.165) is 5.56 Å². The number of hydrogen-bond donors (Lipinski definition) is 2. The van der Waals surface area contributed by atoms with Crippen LogP contribution in [-0.2, 0) is 14.8 Å². The maximum absolute atomic E-state index is 13.6. The van der Waals surface area contributed by atoms with Crippen molar-refractivity contribution in [3.8, 4) is 0 Å². The number of likely N-dealkylation sites (tertiary alicyclic amines) is 1. The molecule has 2 amide bonds. The van der Waals surface area contributed by atoms with E-state index in [1.165, 1.54) is 6.07 Å². The molecule has 0 spiro atoms. The lowest BCUT2D eigenvalue weighted by Crippen LogP contribution is -2.52. The van der Waals surface area contributed by atoms with E-state index in [-0.39, 0.29) is 28.9 Å². The van der Waals surface area contributed by atoms with Gasteiger partial charge in [-0.15, -0.1) is 0 Å². The fraction of sp³-hybridized carbons (Fsp3) is 0.357. The lowest BCUT2D eigenvalue weighted by Gasteiger charge is -2.37. The number of piperidine rings is 1. The van der Waals surface area contributed by atoms with Gasteiger partial charge in [-0.1, -0.05) is 55.8 Å². The highest BCUT2D eigenvalue weighted by atomic mass is 32.2. The van der Waals surface area contributed by atoms with Gasteiger partial charge in [0.2, 0.25) is 10.0 Å². The first-order valence-corrected chi connectivity index (χ1v) is 14.1. The van der Waals surface area contributed by atoms with E-state index in [4.69, 9.17) is 4.74 Å². The number of rotatable bonds is 7. The zero-order chi connectivity index (χ0) is 26.6. The standard InChI is InChI=1S/C28H33N3O5S/c1-4-20-18-31(28(33)36-5-2)17-16-24(20)30-37(34,35)26-15-14-25(22-12-8-9-13-23(22)26)29-27(32)21-11-7-6-10-19(21)3/h6-15,20,24,30H,4-5,16-18H2,1-3H3,(H,29,32). The summed E-state index contributed by atoms with van der Waals surface area (Å²) in [5.74, 6) is -0.289. The number of hydrogen-bond acceptors (Lipinski definition) is 5. The molecule has 0 aliphatic carbocycles. The minimum atomic E-state index is -3.88. The van der Waals surface area contributed by atoms with Gasteiger partial charge in [0, 0.05) is 41.2 Å². The third-order valence-corrected chi connectivity index (χ3v) is 8.45. The zero-order valence-corrected chi connectivity index (χ0v) is 22.2. The Kier molecular flexibility index (Phi) is 8.14. The Morgan fingerprint density at radius 2 is 1.70 bits per heavy atom. The van der Waals surface area contributed by atoms with Crippen LogP contribution in [0.1, 0.15) is 42.6 Å². The third kappa shape index (κ3) is 5.78. The molecule has 2 unspecified atom stereocenters. The normalized spacial score (nSPS) is 18.0. The second-order valence-electron chi connectivity index (χ2n) is 9.26. The van der Waals surface area contributed by atoms with E-state index in [9.17, 15) is 18.0 Å². The molecule has 0 bridgehead atoms. The van der Waals surface area contributed by atoms with Crippen LogP contribution in [0.3, 0.4) is 0 Å². The second-order valence-corrected chi connectivity index (χ2v) is 10.9. The first-order chi connectivity index (χ1) is 17.7. The molecule has 1 saturated heterocycles. The number of anilines is 1. The predicted molar refractivity (Wildman–Crippen MR) is 144 cm³/mol. The molecule has 0 radical (unpaired) electrons. The molecule has 0 aromatic heterocycles. The maximum atomic E-state index is 13.6. The number of carbonyl (C=O) groups is 2. The fourth-order valence-corrected chi connectivity index (χ4v) is 6.43. The van der Waals surface area contributed by atoms with Crippen molar-refractivity contribution in [2.75, 3.05) is 25.0 Å². The van der Waals surface area contributed by atoms with Gasteiger partial charge in [0.25, 0.3) is 5.91 Å². The van der Waals surface area contributed by atoms with Crippen molar-refractivity contribution in [3.05, 3.63) is 71.8 Å². The van der Waals surface area contributed by atoms with Gasteiger partial charge in [-0.3, -0.25) is 4.79 Å². The molecule has 196 valence electrons. The van der Waals surface area contributed by atoms with E-state index >= 15 is 0 Å². The van der Waals surface area contributed by atoms with Crippen molar-refractivity contribution < 1.29 is 22.7 Å². The van der Waals surface area contributed by atoms with Crippen LogP contribution in [0.4, 0.5) is 10.5 Å². The van der Waals surface area contributed by atoms with Crippen LogP contribution < -0.4 is 10.0 Å². The van der Waals surface area contributed by atoms with E-state index in [1.54, 1.807) is 42.2 Å². The van der Waals surface area contributed by atoms with Crippen LogP contribution in [0.2, 0.25) is 0 Å². The molecule has 1 aliphatic rings. The van der Waals surface area contributed by atoms with Gasteiger partial charge in [-0.2, -0.15) is 0 Å². The minimum Gasteiger partial charge on any atom is -0.450 e. The summed E-state index contributed by atoms with van der Waals surface area (Å²) in [7, 11) is -3.88. The highest BCUT2D eigenvalue weighted by Crippen LogP contribution is 2.31. The summed E-state index contributed by atoms with van der Waals surface area (Å²) < 4.78 is 35.2. The molecule has 2 N–H and O–H groups in total. The van der Waals surface area contributed by atoms with Crippen molar-refractivity contribution in [1.29, 1.82) is 0 Å². The number of nitrogens with zero attached hydrogens (tertiary/aromatic N) is 1. The van der Waals surface area contributed by atoms with Crippen molar-refractivity contribution in [3.63, 3.8) is 0 Å². The Balaban J connectivity index is 1.59. The van der Waals surface area contributed by atoms with E-state index < -0.39 is 10.0 Å². The molecule has 8 nitrogen and oxygen atoms in total. The minimum absolute atomic E-state index is 0.0353. The Bertz CT molecular complexity index is 1410. The number of ether oxygens (including phenoxy) is 1. The monoisotopic (exact) mass is 523 g/mol. The van der Waals surface area contributed by atoms with Crippen LogP contribution in [0.25, 0.3) is 10.8 Å². The van der Waals surface area contributed by atoms with E-state index in [1.807, 2.05) is 38.1 Å². The van der Waals surface area contributed by atoms with Gasteiger partial charge in [0.15, 0.2) is 0 Å². The summed E-state index contributed by atoms with van der Waals surface area (Å²) in [6, 6.07) is 17.3. The van der Waals surface area contributed by atoms with Crippen molar-refractivity contribution in [1.82, 2.24) is 9.62 Å². The molecule has 2 atom stereocenters. The highest BCUT2D eigenvalue weighted by Gasteiger charge is 2.34. The third-order valence-electron chi connectivity index (χ3n) is 6.90. The zero-order valence-electron chi connectivity index (χ0n) is 21.4. The lowest BCUT2D eigenvalue weighted by molar-refractivity contribution is 0.0811. The summed E-state index contributed by atoms with van der Waals surface area (Å²) in [5, 5.41) is 4.10. The maximum Gasteiger partial charge on any atom is 0.409 e. The molecule has 3 aromatic carbocycles. The average molecular weight is 524 g/mol. The molecule has 0 saturated carbocycles. The van der Waals surface area contributed by atoms with Crippen LogP contribution in [0.5, 0.6) is 0 Å². The number of sulfonamides is 1. The first kappa shape index (κ1) is 26.6.